The average Bonchev–Trinajstić information content (AvgIpc) is 3.46. The first-order valence-corrected chi connectivity index (χ1v) is 12.1. The maximum absolute atomic E-state index is 13.2. The van der Waals surface area contributed by atoms with Crippen LogP contribution in [0.1, 0.15) is 35.4 Å². The van der Waals surface area contributed by atoms with Gasteiger partial charge in [-0.1, -0.05) is 11.6 Å². The number of benzene rings is 1. The predicted octanol–water partition coefficient (Wildman–Crippen LogP) is 3.26. The van der Waals surface area contributed by atoms with Crippen molar-refractivity contribution in [3.8, 4) is 11.5 Å². The first kappa shape index (κ1) is 24.2. The first-order valence-electron chi connectivity index (χ1n) is 11.8. The number of nitrogens with one attached hydrogen (secondary N) is 1. The number of carbonyl (C=O) groups excluding carboxylic acids is 2. The molecule has 1 N–H and O–H groups in total. The Kier molecular flexibility index (Phi) is 6.15. The lowest BCUT2D eigenvalue weighted by Gasteiger charge is -2.47. The number of urea groups is 1. The molecule has 0 radical (unpaired) electrons. The van der Waals surface area contributed by atoms with Crippen molar-refractivity contribution in [2.45, 2.75) is 19.4 Å². The fraction of sp³-hybridized carbons (Fsp3) is 0.440. The van der Waals surface area contributed by atoms with Gasteiger partial charge in [0.1, 0.15) is 34.3 Å². The molecule has 2 saturated heterocycles. The Bertz CT molecular complexity index is 1310. The standard InChI is InChI=1S/C25H29ClN6O4/c1-15(16-7-17(35-3)9-18(8-16)36-4)29-24(34)31-6-5-25(11-31)12-32(13-25)23(33)20-10-19-21(26)27-14-28-22(19)30(20)2/h7-10,14-15H,5-6,11-13H2,1-4H3,(H,29,34). The van der Waals surface area contributed by atoms with Gasteiger partial charge >= 0.3 is 6.03 Å². The highest BCUT2D eigenvalue weighted by Gasteiger charge is 2.50. The zero-order valence-corrected chi connectivity index (χ0v) is 21.5. The lowest BCUT2D eigenvalue weighted by atomic mass is 9.79. The van der Waals surface area contributed by atoms with Crippen molar-refractivity contribution in [2.24, 2.45) is 12.5 Å². The van der Waals surface area contributed by atoms with Crippen molar-refractivity contribution in [3.63, 3.8) is 0 Å². The molecule has 1 spiro atoms. The zero-order valence-electron chi connectivity index (χ0n) is 20.7. The van der Waals surface area contributed by atoms with E-state index in [1.807, 2.05) is 28.9 Å². The number of ether oxygens (including phenoxy) is 2. The van der Waals surface area contributed by atoms with Crippen LogP contribution in [-0.4, -0.2) is 76.7 Å². The Morgan fingerprint density at radius 3 is 2.36 bits per heavy atom. The first-order chi connectivity index (χ1) is 17.2. The van der Waals surface area contributed by atoms with Crippen molar-refractivity contribution < 1.29 is 19.1 Å². The second-order valence-electron chi connectivity index (χ2n) is 9.64. The monoisotopic (exact) mass is 512 g/mol. The summed E-state index contributed by atoms with van der Waals surface area (Å²) in [6.45, 7) is 4.42. The van der Waals surface area contributed by atoms with Crippen molar-refractivity contribution in [1.82, 2.24) is 29.7 Å². The van der Waals surface area contributed by atoms with Gasteiger partial charge in [-0.05, 0) is 37.1 Å². The number of hydrogen-bond acceptors (Lipinski definition) is 6. The van der Waals surface area contributed by atoms with Crippen LogP contribution in [0.15, 0.2) is 30.6 Å². The Morgan fingerprint density at radius 1 is 1.06 bits per heavy atom. The molecule has 1 aromatic carbocycles. The van der Waals surface area contributed by atoms with Gasteiger partial charge < -0.3 is 29.2 Å². The Labute approximate surface area is 214 Å². The number of halogens is 1. The molecular formula is C25H29ClN6O4. The second kappa shape index (κ2) is 9.16. The summed E-state index contributed by atoms with van der Waals surface area (Å²) in [4.78, 5) is 38.1. The van der Waals surface area contributed by atoms with E-state index in [1.165, 1.54) is 6.33 Å². The van der Waals surface area contributed by atoms with Gasteiger partial charge in [-0.2, -0.15) is 0 Å². The summed E-state index contributed by atoms with van der Waals surface area (Å²) in [5, 5.41) is 4.07. The average molecular weight is 513 g/mol. The van der Waals surface area contributed by atoms with Crippen LogP contribution in [0, 0.1) is 5.41 Å². The summed E-state index contributed by atoms with van der Waals surface area (Å²) in [5.74, 6) is 1.27. The lowest BCUT2D eigenvalue weighted by Crippen LogP contribution is -2.60. The highest BCUT2D eigenvalue weighted by molar-refractivity contribution is 6.34. The number of carbonyl (C=O) groups is 2. The van der Waals surface area contributed by atoms with Gasteiger partial charge in [0.2, 0.25) is 0 Å². The van der Waals surface area contributed by atoms with Crippen molar-refractivity contribution >= 4 is 34.6 Å². The molecule has 3 amide bonds. The van der Waals surface area contributed by atoms with E-state index < -0.39 is 0 Å². The summed E-state index contributed by atoms with van der Waals surface area (Å²) in [7, 11) is 5.00. The lowest BCUT2D eigenvalue weighted by molar-refractivity contribution is 0.0116. The zero-order chi connectivity index (χ0) is 25.6. The van der Waals surface area contributed by atoms with Gasteiger partial charge in [0.05, 0.1) is 25.6 Å². The van der Waals surface area contributed by atoms with Crippen LogP contribution in [0.3, 0.4) is 0 Å². The van der Waals surface area contributed by atoms with Gasteiger partial charge in [0.15, 0.2) is 0 Å². The van der Waals surface area contributed by atoms with Crippen LogP contribution in [-0.2, 0) is 7.05 Å². The maximum Gasteiger partial charge on any atom is 0.317 e. The van der Waals surface area contributed by atoms with Crippen LogP contribution < -0.4 is 14.8 Å². The van der Waals surface area contributed by atoms with E-state index >= 15 is 0 Å². The molecule has 4 heterocycles. The third kappa shape index (κ3) is 4.19. The van der Waals surface area contributed by atoms with Gasteiger partial charge in [0.25, 0.3) is 5.91 Å². The third-order valence-electron chi connectivity index (χ3n) is 7.27. The number of aryl methyl sites for hydroxylation is 1. The fourth-order valence-corrected chi connectivity index (χ4v) is 5.37. The van der Waals surface area contributed by atoms with E-state index in [2.05, 4.69) is 15.3 Å². The van der Waals surface area contributed by atoms with Crippen LogP contribution in [0.2, 0.25) is 5.15 Å². The number of amides is 3. The number of hydrogen-bond donors (Lipinski definition) is 1. The molecule has 5 rings (SSSR count). The Morgan fingerprint density at radius 2 is 1.72 bits per heavy atom. The van der Waals surface area contributed by atoms with Gasteiger partial charge in [-0.15, -0.1) is 0 Å². The summed E-state index contributed by atoms with van der Waals surface area (Å²) in [5.41, 5.74) is 1.98. The topological polar surface area (TPSA) is 102 Å². The summed E-state index contributed by atoms with van der Waals surface area (Å²) in [6, 6.07) is 6.98. The van der Waals surface area contributed by atoms with Gasteiger partial charge in [-0.25, -0.2) is 14.8 Å². The molecule has 2 fully saturated rings. The molecule has 2 aromatic heterocycles. The molecule has 2 aliphatic heterocycles. The predicted molar refractivity (Wildman–Crippen MR) is 135 cm³/mol. The normalized spacial score (nSPS) is 17.2. The van der Waals surface area contributed by atoms with Crippen molar-refractivity contribution in [2.75, 3.05) is 40.4 Å². The Balaban J connectivity index is 1.20. The molecule has 36 heavy (non-hydrogen) atoms. The molecule has 0 aliphatic carbocycles. The van der Waals surface area contributed by atoms with Gasteiger partial charge in [0, 0.05) is 44.7 Å². The highest BCUT2D eigenvalue weighted by atomic mass is 35.5. The minimum Gasteiger partial charge on any atom is -0.497 e. The van der Waals surface area contributed by atoms with E-state index in [0.717, 1.165) is 12.0 Å². The minimum absolute atomic E-state index is 0.0688. The molecule has 11 heteroatoms. The van der Waals surface area contributed by atoms with Crippen LogP contribution in [0.25, 0.3) is 11.0 Å². The summed E-state index contributed by atoms with van der Waals surface area (Å²) < 4.78 is 12.4. The number of fused-ring (bicyclic) bond motifs is 1. The van der Waals surface area contributed by atoms with E-state index in [1.54, 1.807) is 38.0 Å². The molecule has 3 aromatic rings. The van der Waals surface area contributed by atoms with Gasteiger partial charge in [-0.3, -0.25) is 4.79 Å². The molecule has 190 valence electrons. The van der Waals surface area contributed by atoms with Crippen molar-refractivity contribution in [3.05, 3.63) is 47.0 Å². The Hall–Kier alpha value is -3.53. The quantitative estimate of drug-likeness (QED) is 0.526. The van der Waals surface area contributed by atoms with Crippen molar-refractivity contribution in [1.29, 1.82) is 0 Å². The largest absolute Gasteiger partial charge is 0.497 e. The third-order valence-corrected chi connectivity index (χ3v) is 7.57. The van der Waals surface area contributed by atoms with E-state index in [0.29, 0.717) is 59.6 Å². The smallest absolute Gasteiger partial charge is 0.317 e. The molecule has 2 aliphatic rings. The highest BCUT2D eigenvalue weighted by Crippen LogP contribution is 2.40. The number of likely N-dealkylation sites (tertiary alicyclic amines) is 2. The van der Waals surface area contributed by atoms with E-state index in [9.17, 15) is 9.59 Å². The van der Waals surface area contributed by atoms with Crippen LogP contribution in [0.4, 0.5) is 4.79 Å². The minimum atomic E-state index is -0.223. The van der Waals surface area contributed by atoms with E-state index in [-0.39, 0.29) is 23.4 Å². The second-order valence-corrected chi connectivity index (χ2v) is 10.00. The number of aromatic nitrogens is 3. The van der Waals surface area contributed by atoms with Crippen LogP contribution >= 0.6 is 11.6 Å². The molecule has 1 atom stereocenters. The fourth-order valence-electron chi connectivity index (χ4n) is 5.18. The maximum atomic E-state index is 13.2. The molecule has 1 unspecified atom stereocenters. The molecule has 0 saturated carbocycles. The van der Waals surface area contributed by atoms with E-state index in [4.69, 9.17) is 21.1 Å². The summed E-state index contributed by atoms with van der Waals surface area (Å²) >= 11 is 6.18. The SMILES string of the molecule is COc1cc(OC)cc(C(C)NC(=O)N2CCC3(C2)CN(C(=O)c2cc4c(Cl)ncnc4n2C)C3)c1. The molecule has 10 nitrogen and oxygen atoms in total. The number of nitrogens with zero attached hydrogens (tertiary/aromatic N) is 5. The number of rotatable bonds is 5. The molecule has 0 bridgehead atoms. The summed E-state index contributed by atoms with van der Waals surface area (Å²) in [6.07, 6.45) is 2.25. The molecular weight excluding hydrogens is 484 g/mol. The van der Waals surface area contributed by atoms with Crippen LogP contribution in [0.5, 0.6) is 11.5 Å². The number of methoxy groups -OCH3 is 2.